The number of carbonyl (C=O) groups excluding carboxylic acids is 3. The molecule has 0 radical (unpaired) electrons. The van der Waals surface area contributed by atoms with E-state index < -0.39 is 11.6 Å². The van der Waals surface area contributed by atoms with Crippen molar-refractivity contribution in [2.24, 2.45) is 5.92 Å². The molecule has 3 heterocycles. The Morgan fingerprint density at radius 3 is 2.53 bits per heavy atom. The van der Waals surface area contributed by atoms with Crippen molar-refractivity contribution in [1.29, 1.82) is 0 Å². The topological polar surface area (TPSA) is 79.0 Å². The van der Waals surface area contributed by atoms with Gasteiger partial charge in [0.15, 0.2) is 11.4 Å². The van der Waals surface area contributed by atoms with Gasteiger partial charge in [0, 0.05) is 67.4 Å². The molecule has 1 spiro atoms. The second kappa shape index (κ2) is 7.94. The number of benzene rings is 2. The number of anilines is 1. The van der Waals surface area contributed by atoms with E-state index in [-0.39, 0.29) is 11.7 Å². The zero-order chi connectivity index (χ0) is 23.4. The fraction of sp³-hybridized carbons (Fsp3) is 0.444. The Balaban J connectivity index is 1.23. The largest absolute Gasteiger partial charge is 0.449 e. The van der Waals surface area contributed by atoms with Crippen LogP contribution in [0.15, 0.2) is 36.4 Å². The van der Waals surface area contributed by atoms with Gasteiger partial charge in [-0.3, -0.25) is 9.59 Å². The van der Waals surface area contributed by atoms with Gasteiger partial charge in [-0.05, 0) is 50.1 Å². The first kappa shape index (κ1) is 21.4. The molecule has 34 heavy (non-hydrogen) atoms. The fourth-order valence-corrected chi connectivity index (χ4v) is 5.63. The Morgan fingerprint density at radius 2 is 1.85 bits per heavy atom. The van der Waals surface area contributed by atoms with E-state index in [1.165, 1.54) is 0 Å². The van der Waals surface area contributed by atoms with E-state index in [9.17, 15) is 14.4 Å². The zero-order valence-electron chi connectivity index (χ0n) is 19.4. The van der Waals surface area contributed by atoms with Gasteiger partial charge in [0.2, 0.25) is 5.91 Å². The van der Waals surface area contributed by atoms with E-state index in [1.807, 2.05) is 42.2 Å². The Bertz CT molecular complexity index is 1190. The minimum absolute atomic E-state index is 0.152. The second-order valence-electron chi connectivity index (χ2n) is 9.95. The molecule has 1 saturated carbocycles. The third-order valence-corrected chi connectivity index (χ3v) is 7.75. The molecule has 1 aliphatic carbocycles. The smallest absolute Gasteiger partial charge is 0.340 e. The standard InChI is InChI=1S/C27H29N3O4/c1-17-15-19(29-11-13-30(14-12-29)25(32)18-5-6-18)7-8-20(17)24(31)21-3-2-4-22-23(21)26(33)34-27(22)9-10-28-16-27/h2-4,7-8,15,18,28H,5-6,9-14,16H2,1H3. The SMILES string of the molecule is Cc1cc(N2CCN(C(=O)C3CC3)CC2)ccc1C(=O)c1cccc2c1C(=O)OC21CCNC1. The van der Waals surface area contributed by atoms with Crippen LogP contribution in [0.25, 0.3) is 0 Å². The summed E-state index contributed by atoms with van der Waals surface area (Å²) in [6.07, 6.45) is 2.79. The number of carbonyl (C=O) groups is 3. The number of hydrogen-bond acceptors (Lipinski definition) is 6. The van der Waals surface area contributed by atoms with Crippen molar-refractivity contribution in [3.63, 3.8) is 0 Å². The van der Waals surface area contributed by atoms with Crippen LogP contribution in [0.2, 0.25) is 0 Å². The van der Waals surface area contributed by atoms with E-state index in [0.29, 0.717) is 29.1 Å². The summed E-state index contributed by atoms with van der Waals surface area (Å²) in [6, 6.07) is 11.4. The lowest BCUT2D eigenvalue weighted by atomic mass is 9.87. The highest BCUT2D eigenvalue weighted by atomic mass is 16.6. The number of amides is 1. The number of piperazine rings is 1. The molecule has 2 aromatic rings. The molecule has 2 saturated heterocycles. The first-order valence-electron chi connectivity index (χ1n) is 12.2. The molecule has 2 aromatic carbocycles. The number of esters is 1. The highest BCUT2D eigenvalue weighted by Gasteiger charge is 2.49. The number of nitrogens with one attached hydrogen (secondary N) is 1. The highest BCUT2D eigenvalue weighted by molar-refractivity contribution is 6.16. The van der Waals surface area contributed by atoms with Gasteiger partial charge in [0.1, 0.15) is 0 Å². The van der Waals surface area contributed by atoms with Crippen LogP contribution in [0.4, 0.5) is 5.69 Å². The molecule has 1 amide bonds. The summed E-state index contributed by atoms with van der Waals surface area (Å²) in [5.41, 5.74) is 3.52. The van der Waals surface area contributed by atoms with Crippen molar-refractivity contribution in [2.75, 3.05) is 44.2 Å². The van der Waals surface area contributed by atoms with Crippen LogP contribution in [0.5, 0.6) is 0 Å². The molecule has 3 aliphatic heterocycles. The summed E-state index contributed by atoms with van der Waals surface area (Å²) in [5.74, 6) is 0.00715. The third kappa shape index (κ3) is 3.41. The summed E-state index contributed by atoms with van der Waals surface area (Å²) in [4.78, 5) is 43.0. The molecular weight excluding hydrogens is 430 g/mol. The summed E-state index contributed by atoms with van der Waals surface area (Å²) in [5, 5.41) is 3.27. The molecule has 0 bridgehead atoms. The van der Waals surface area contributed by atoms with Crippen LogP contribution in [0.3, 0.4) is 0 Å². The first-order valence-corrected chi connectivity index (χ1v) is 12.2. The van der Waals surface area contributed by atoms with E-state index in [1.54, 1.807) is 6.07 Å². The van der Waals surface area contributed by atoms with Crippen molar-refractivity contribution >= 4 is 23.3 Å². The summed E-state index contributed by atoms with van der Waals surface area (Å²) < 4.78 is 5.79. The van der Waals surface area contributed by atoms with Crippen molar-refractivity contribution < 1.29 is 19.1 Å². The summed E-state index contributed by atoms with van der Waals surface area (Å²) in [7, 11) is 0. The highest BCUT2D eigenvalue weighted by Crippen LogP contribution is 2.42. The molecule has 3 fully saturated rings. The van der Waals surface area contributed by atoms with Crippen LogP contribution < -0.4 is 10.2 Å². The van der Waals surface area contributed by atoms with Gasteiger partial charge in [0.25, 0.3) is 0 Å². The molecule has 1 unspecified atom stereocenters. The Hall–Kier alpha value is -3.19. The molecule has 7 heteroatoms. The molecule has 4 aliphatic rings. The number of aryl methyl sites for hydroxylation is 1. The quantitative estimate of drug-likeness (QED) is 0.560. The van der Waals surface area contributed by atoms with Crippen LogP contribution in [-0.4, -0.2) is 61.8 Å². The predicted octanol–water partition coefficient (Wildman–Crippen LogP) is 2.64. The average molecular weight is 460 g/mol. The molecular formula is C27H29N3O4. The van der Waals surface area contributed by atoms with E-state index >= 15 is 0 Å². The van der Waals surface area contributed by atoms with Gasteiger partial charge in [-0.1, -0.05) is 18.2 Å². The third-order valence-electron chi connectivity index (χ3n) is 7.75. The summed E-state index contributed by atoms with van der Waals surface area (Å²) >= 11 is 0. The maximum Gasteiger partial charge on any atom is 0.340 e. The fourth-order valence-electron chi connectivity index (χ4n) is 5.63. The molecule has 1 atom stereocenters. The van der Waals surface area contributed by atoms with Crippen molar-refractivity contribution in [3.8, 4) is 0 Å². The van der Waals surface area contributed by atoms with E-state index in [0.717, 1.165) is 68.8 Å². The van der Waals surface area contributed by atoms with Gasteiger partial charge < -0.3 is 19.9 Å². The lowest BCUT2D eigenvalue weighted by Gasteiger charge is -2.36. The lowest BCUT2D eigenvalue weighted by molar-refractivity contribution is -0.132. The number of hydrogen-bond donors (Lipinski definition) is 1. The van der Waals surface area contributed by atoms with Crippen molar-refractivity contribution in [2.45, 2.75) is 31.8 Å². The minimum atomic E-state index is -0.648. The van der Waals surface area contributed by atoms with Crippen LogP contribution >= 0.6 is 0 Å². The van der Waals surface area contributed by atoms with E-state index in [2.05, 4.69) is 10.2 Å². The van der Waals surface area contributed by atoms with Gasteiger partial charge >= 0.3 is 5.97 Å². The molecule has 0 aromatic heterocycles. The second-order valence-corrected chi connectivity index (χ2v) is 9.95. The van der Waals surface area contributed by atoms with Crippen molar-refractivity contribution in [3.05, 3.63) is 64.2 Å². The Kier molecular flexibility index (Phi) is 4.99. The normalized spacial score (nSPS) is 23.9. The maximum absolute atomic E-state index is 13.6. The first-order chi connectivity index (χ1) is 16.5. The van der Waals surface area contributed by atoms with E-state index in [4.69, 9.17) is 4.74 Å². The monoisotopic (exact) mass is 459 g/mol. The maximum atomic E-state index is 13.6. The van der Waals surface area contributed by atoms with Crippen LogP contribution in [0, 0.1) is 12.8 Å². The van der Waals surface area contributed by atoms with Gasteiger partial charge in [-0.25, -0.2) is 4.79 Å². The average Bonchev–Trinajstić information content (AvgIpc) is 3.54. The van der Waals surface area contributed by atoms with Gasteiger partial charge in [0.05, 0.1) is 5.56 Å². The number of ether oxygens (including phenoxy) is 1. The Labute approximate surface area is 199 Å². The number of fused-ring (bicyclic) bond motifs is 2. The molecule has 7 nitrogen and oxygen atoms in total. The minimum Gasteiger partial charge on any atom is -0.449 e. The molecule has 176 valence electrons. The van der Waals surface area contributed by atoms with Crippen LogP contribution in [-0.2, 0) is 15.1 Å². The van der Waals surface area contributed by atoms with Crippen LogP contribution in [0.1, 0.15) is 56.7 Å². The number of nitrogens with zero attached hydrogens (tertiary/aromatic N) is 2. The Morgan fingerprint density at radius 1 is 1.06 bits per heavy atom. The zero-order valence-corrected chi connectivity index (χ0v) is 19.4. The lowest BCUT2D eigenvalue weighted by Crippen LogP contribution is -2.49. The molecule has 1 N–H and O–H groups in total. The van der Waals surface area contributed by atoms with Gasteiger partial charge in [-0.15, -0.1) is 0 Å². The number of rotatable bonds is 4. The van der Waals surface area contributed by atoms with Crippen molar-refractivity contribution in [1.82, 2.24) is 10.2 Å². The molecule has 6 rings (SSSR count). The predicted molar refractivity (Wildman–Crippen MR) is 127 cm³/mol. The summed E-state index contributed by atoms with van der Waals surface area (Å²) in [6.45, 7) is 6.37. The van der Waals surface area contributed by atoms with Gasteiger partial charge in [-0.2, -0.15) is 0 Å². The number of ketones is 1.